The van der Waals surface area contributed by atoms with Crippen LogP contribution in [0.4, 0.5) is 8.78 Å². The maximum absolute atomic E-state index is 13.0. The Morgan fingerprint density at radius 1 is 1.23 bits per heavy atom. The maximum atomic E-state index is 13.0. The van der Waals surface area contributed by atoms with Gasteiger partial charge in [0.25, 0.3) is 11.8 Å². The van der Waals surface area contributed by atoms with Crippen LogP contribution in [0.1, 0.15) is 35.1 Å². The van der Waals surface area contributed by atoms with Crippen molar-refractivity contribution < 1.29 is 18.4 Å². The Morgan fingerprint density at radius 2 is 2.04 bits per heavy atom. The van der Waals surface area contributed by atoms with Crippen molar-refractivity contribution in [3.8, 4) is 0 Å². The van der Waals surface area contributed by atoms with Gasteiger partial charge >= 0.3 is 0 Å². The normalized spacial score (nSPS) is 21.6. The molecule has 4 rings (SSSR count). The van der Waals surface area contributed by atoms with Gasteiger partial charge in [0.1, 0.15) is 11.7 Å². The lowest BCUT2D eigenvalue weighted by Gasteiger charge is -2.38. The molecule has 2 aromatic heterocycles. The molecule has 1 aliphatic carbocycles. The molecule has 2 amide bonds. The van der Waals surface area contributed by atoms with Crippen LogP contribution in [0.15, 0.2) is 30.9 Å². The minimum Gasteiger partial charge on any atom is -0.351 e. The first kappa shape index (κ1) is 16.6. The fraction of sp³-hybridized carbons (Fsp3) is 0.438. The van der Waals surface area contributed by atoms with E-state index in [0.29, 0.717) is 5.69 Å². The quantitative estimate of drug-likeness (QED) is 0.871. The van der Waals surface area contributed by atoms with Gasteiger partial charge < -0.3 is 10.2 Å². The van der Waals surface area contributed by atoms with Crippen molar-refractivity contribution in [3.05, 3.63) is 42.2 Å². The lowest BCUT2D eigenvalue weighted by atomic mass is 9.88. The molecule has 2 aliphatic rings. The van der Waals surface area contributed by atoms with Gasteiger partial charge in [-0.25, -0.2) is 13.8 Å². The number of alkyl halides is 2. The average Bonchev–Trinajstić information content (AvgIpc) is 3.08. The fourth-order valence-electron chi connectivity index (χ4n) is 3.27. The molecule has 0 bridgehead atoms. The lowest BCUT2D eigenvalue weighted by Crippen LogP contribution is -2.54. The van der Waals surface area contributed by atoms with Gasteiger partial charge in [0, 0.05) is 37.5 Å². The number of amides is 2. The number of fused-ring (bicyclic) bond motifs is 1. The molecule has 3 heterocycles. The van der Waals surface area contributed by atoms with Gasteiger partial charge in [-0.1, -0.05) is 0 Å². The third-order valence-corrected chi connectivity index (χ3v) is 4.60. The van der Waals surface area contributed by atoms with Crippen LogP contribution in [0.5, 0.6) is 0 Å². The van der Waals surface area contributed by atoms with Crippen LogP contribution in [-0.2, 0) is 11.3 Å². The Bertz CT molecular complexity index is 832. The third kappa shape index (κ3) is 3.02. The average molecular weight is 362 g/mol. The number of hydrogen-bond donors (Lipinski definition) is 1. The van der Waals surface area contributed by atoms with Crippen molar-refractivity contribution in [2.45, 2.75) is 37.4 Å². The number of nitrogens with one attached hydrogen (secondary N) is 1. The molecule has 26 heavy (non-hydrogen) atoms. The molecule has 2 aromatic rings. The van der Waals surface area contributed by atoms with Crippen molar-refractivity contribution in [2.24, 2.45) is 0 Å². The molecule has 1 aliphatic heterocycles. The highest BCUT2D eigenvalue weighted by atomic mass is 19.3. The second-order valence-corrected chi connectivity index (χ2v) is 6.53. The third-order valence-electron chi connectivity index (χ3n) is 4.60. The zero-order valence-electron chi connectivity index (χ0n) is 13.7. The monoisotopic (exact) mass is 362 g/mol. The summed E-state index contributed by atoms with van der Waals surface area (Å²) < 4.78 is 27.5. The van der Waals surface area contributed by atoms with Crippen LogP contribution < -0.4 is 5.32 Å². The summed E-state index contributed by atoms with van der Waals surface area (Å²) in [6.45, 7) is 0.361. The van der Waals surface area contributed by atoms with E-state index in [1.165, 1.54) is 28.2 Å². The molecular formula is C16H16F2N6O2. The zero-order chi connectivity index (χ0) is 18.3. The van der Waals surface area contributed by atoms with E-state index in [4.69, 9.17) is 0 Å². The van der Waals surface area contributed by atoms with E-state index in [1.54, 1.807) is 12.3 Å². The van der Waals surface area contributed by atoms with Gasteiger partial charge in [-0.3, -0.25) is 19.3 Å². The smallest absolute Gasteiger partial charge is 0.274 e. The number of halogens is 2. The van der Waals surface area contributed by atoms with E-state index < -0.39 is 23.9 Å². The van der Waals surface area contributed by atoms with E-state index >= 15 is 0 Å². The zero-order valence-corrected chi connectivity index (χ0v) is 13.7. The summed E-state index contributed by atoms with van der Waals surface area (Å²) in [5.41, 5.74) is 0.867. The Kier molecular flexibility index (Phi) is 3.89. The van der Waals surface area contributed by atoms with Crippen molar-refractivity contribution in [1.29, 1.82) is 0 Å². The number of nitrogens with zero attached hydrogens (tertiary/aromatic N) is 5. The van der Waals surface area contributed by atoms with Crippen molar-refractivity contribution in [1.82, 2.24) is 30.0 Å². The second-order valence-electron chi connectivity index (χ2n) is 6.53. The van der Waals surface area contributed by atoms with Gasteiger partial charge in [-0.05, 0) is 6.07 Å². The largest absolute Gasteiger partial charge is 0.351 e. The lowest BCUT2D eigenvalue weighted by molar-refractivity contribution is -0.133. The molecule has 0 spiro atoms. The molecule has 1 N–H and O–H groups in total. The summed E-state index contributed by atoms with van der Waals surface area (Å²) in [6.07, 6.45) is 5.07. The number of carbonyl (C=O) groups is 2. The highest BCUT2D eigenvalue weighted by Crippen LogP contribution is 2.37. The number of carbonyl (C=O) groups excluding carboxylic acids is 2. The summed E-state index contributed by atoms with van der Waals surface area (Å²) in [5, 5.41) is 6.77. The molecule has 1 saturated carbocycles. The molecule has 1 fully saturated rings. The molecule has 136 valence electrons. The highest BCUT2D eigenvalue weighted by molar-refractivity contribution is 5.92. The molecule has 0 saturated heterocycles. The topological polar surface area (TPSA) is 93.0 Å². The van der Waals surface area contributed by atoms with Gasteiger partial charge in [0.2, 0.25) is 5.91 Å². The summed E-state index contributed by atoms with van der Waals surface area (Å²) in [4.78, 5) is 34.6. The Morgan fingerprint density at radius 3 is 2.73 bits per heavy atom. The van der Waals surface area contributed by atoms with Crippen LogP contribution in [0.2, 0.25) is 0 Å². The van der Waals surface area contributed by atoms with Gasteiger partial charge in [-0.2, -0.15) is 5.10 Å². The van der Waals surface area contributed by atoms with Crippen LogP contribution in [-0.4, -0.2) is 55.0 Å². The summed E-state index contributed by atoms with van der Waals surface area (Å²) in [6, 6.07) is 0.389. The number of rotatable bonds is 3. The summed E-state index contributed by atoms with van der Waals surface area (Å²) in [7, 11) is 0. The van der Waals surface area contributed by atoms with Crippen LogP contribution >= 0.6 is 0 Å². The number of hydrogen-bond acceptors (Lipinski definition) is 5. The van der Waals surface area contributed by atoms with Crippen LogP contribution in [0, 0.1) is 0 Å². The predicted molar refractivity (Wildman–Crippen MR) is 84.1 cm³/mol. The maximum Gasteiger partial charge on any atom is 0.274 e. The molecule has 0 aromatic carbocycles. The molecule has 0 radical (unpaired) electrons. The van der Waals surface area contributed by atoms with Gasteiger partial charge in [-0.15, -0.1) is 0 Å². The summed E-state index contributed by atoms with van der Waals surface area (Å²) in [5.74, 6) is -3.49. The van der Waals surface area contributed by atoms with Crippen molar-refractivity contribution in [2.75, 3.05) is 6.54 Å². The van der Waals surface area contributed by atoms with E-state index in [0.717, 1.165) is 0 Å². The second kappa shape index (κ2) is 6.11. The predicted octanol–water partition coefficient (Wildman–Crippen LogP) is 0.784. The first-order chi connectivity index (χ1) is 12.4. The minimum atomic E-state index is -2.71. The standard InChI is InChI=1S/C16H16F2N6O2/c17-16(18)5-10(6-16)22-14(25)13-9-23(8-11-1-2-21-24(11)13)15(26)12-7-19-3-4-20-12/h1-4,7,10,13H,5-6,8-9H2,(H,22,25). The van der Waals surface area contributed by atoms with Crippen molar-refractivity contribution in [3.63, 3.8) is 0 Å². The van der Waals surface area contributed by atoms with E-state index in [2.05, 4.69) is 20.4 Å². The molecule has 10 heteroatoms. The highest BCUT2D eigenvalue weighted by Gasteiger charge is 2.47. The van der Waals surface area contributed by atoms with Crippen molar-refractivity contribution >= 4 is 11.8 Å². The van der Waals surface area contributed by atoms with E-state index in [-0.39, 0.29) is 37.5 Å². The first-order valence-corrected chi connectivity index (χ1v) is 8.19. The van der Waals surface area contributed by atoms with E-state index in [9.17, 15) is 18.4 Å². The van der Waals surface area contributed by atoms with Gasteiger partial charge in [0.15, 0.2) is 0 Å². The Balaban J connectivity index is 1.51. The number of aromatic nitrogens is 4. The first-order valence-electron chi connectivity index (χ1n) is 8.19. The SMILES string of the molecule is O=C(NC1CC(F)(F)C1)C1CN(C(=O)c2cnccn2)Cc2ccnn21. The van der Waals surface area contributed by atoms with Crippen LogP contribution in [0.3, 0.4) is 0 Å². The Labute approximate surface area is 147 Å². The van der Waals surface area contributed by atoms with E-state index in [1.807, 2.05) is 0 Å². The molecule has 1 atom stereocenters. The fourth-order valence-corrected chi connectivity index (χ4v) is 3.27. The molecule has 8 nitrogen and oxygen atoms in total. The molecule has 1 unspecified atom stereocenters. The summed E-state index contributed by atoms with van der Waals surface area (Å²) >= 11 is 0. The van der Waals surface area contributed by atoms with Crippen LogP contribution in [0.25, 0.3) is 0 Å². The Hall–Kier alpha value is -2.91. The van der Waals surface area contributed by atoms with Gasteiger partial charge in [0.05, 0.1) is 25.0 Å². The molecular weight excluding hydrogens is 346 g/mol. The minimum absolute atomic E-state index is 0.0824.